The van der Waals surface area contributed by atoms with Gasteiger partial charge in [0.25, 0.3) is 0 Å². The minimum Gasteiger partial charge on any atom is -0.543 e. The predicted molar refractivity (Wildman–Crippen MR) is 107 cm³/mol. The van der Waals surface area contributed by atoms with Crippen LogP contribution in [0, 0.1) is 11.8 Å². The molecule has 4 rings (SSSR count). The Labute approximate surface area is 204 Å². The van der Waals surface area contributed by atoms with Gasteiger partial charge in [-0.15, -0.1) is 11.3 Å². The van der Waals surface area contributed by atoms with E-state index < -0.39 is 18.0 Å². The molecule has 2 aromatic heterocycles. The Bertz CT molecular complexity index is 979. The van der Waals surface area contributed by atoms with Gasteiger partial charge < -0.3 is 19.9 Å². The van der Waals surface area contributed by atoms with Crippen LogP contribution in [0.2, 0.25) is 0 Å². The monoisotopic (exact) mass is 453 g/mol. The number of fused-ring (bicyclic) bond motifs is 1. The molecular formula is C20H20N3NaO4S2. The van der Waals surface area contributed by atoms with Crippen LogP contribution in [0.15, 0.2) is 44.8 Å². The van der Waals surface area contributed by atoms with Crippen molar-refractivity contribution in [2.75, 3.05) is 0 Å². The molecule has 0 bridgehead atoms. The van der Waals surface area contributed by atoms with Crippen molar-refractivity contribution in [2.24, 2.45) is 11.8 Å². The molecule has 2 aromatic rings. The van der Waals surface area contributed by atoms with Crippen LogP contribution in [0.3, 0.4) is 0 Å². The van der Waals surface area contributed by atoms with E-state index in [9.17, 15) is 19.8 Å². The predicted octanol–water partition coefficient (Wildman–Crippen LogP) is -1.76. The summed E-state index contributed by atoms with van der Waals surface area (Å²) in [5.41, 5.74) is 2.04. The first kappa shape index (κ1) is 23.4. The fourth-order valence-electron chi connectivity index (χ4n) is 4.01. The van der Waals surface area contributed by atoms with Gasteiger partial charge in [-0.25, -0.2) is 4.98 Å². The minimum absolute atomic E-state index is 0. The van der Waals surface area contributed by atoms with Crippen molar-refractivity contribution >= 4 is 35.0 Å². The first-order valence-electron chi connectivity index (χ1n) is 9.36. The van der Waals surface area contributed by atoms with Gasteiger partial charge in [0.2, 0.25) is 5.91 Å². The first-order valence-corrected chi connectivity index (χ1v) is 11.1. The number of carboxylic acid groups (broad SMARTS) is 1. The molecule has 1 unspecified atom stereocenters. The third-order valence-corrected chi connectivity index (χ3v) is 7.72. The Kier molecular flexibility index (Phi) is 7.42. The van der Waals surface area contributed by atoms with Gasteiger partial charge in [-0.1, -0.05) is 18.7 Å². The third kappa shape index (κ3) is 4.24. The van der Waals surface area contributed by atoms with Gasteiger partial charge >= 0.3 is 29.6 Å². The molecule has 1 saturated heterocycles. The number of carbonyl (C=O) groups is 2. The maximum atomic E-state index is 12.4. The summed E-state index contributed by atoms with van der Waals surface area (Å²) in [4.78, 5) is 34.6. The van der Waals surface area contributed by atoms with Crippen molar-refractivity contribution in [3.05, 3.63) is 51.8 Å². The van der Waals surface area contributed by atoms with Gasteiger partial charge in [-0.05, 0) is 37.5 Å². The van der Waals surface area contributed by atoms with E-state index in [0.29, 0.717) is 4.91 Å². The number of nitrogens with zero attached hydrogens (tertiary/aromatic N) is 3. The second-order valence-corrected chi connectivity index (χ2v) is 9.46. The van der Waals surface area contributed by atoms with Crippen LogP contribution in [0.5, 0.6) is 0 Å². The quantitative estimate of drug-likeness (QED) is 0.391. The van der Waals surface area contributed by atoms with Gasteiger partial charge in [-0.3, -0.25) is 9.78 Å². The smallest absolute Gasteiger partial charge is 0.543 e. The van der Waals surface area contributed by atoms with Crippen molar-refractivity contribution in [3.8, 4) is 0 Å². The molecule has 0 aliphatic carbocycles. The minimum atomic E-state index is -1.37. The van der Waals surface area contributed by atoms with Crippen molar-refractivity contribution in [1.82, 2.24) is 14.9 Å². The van der Waals surface area contributed by atoms with Crippen molar-refractivity contribution in [2.45, 2.75) is 43.2 Å². The summed E-state index contributed by atoms with van der Waals surface area (Å²) in [6, 6.07) is 3.60. The SMILES string of the molecule is C[C@H]1C(Sc2nc(CCc3ccncc3)cs2)=C(C(=O)[O-])N2C(=O)[C@H]([C@@H](C)O)C12.[Na+]. The summed E-state index contributed by atoms with van der Waals surface area (Å²) in [5.74, 6) is -2.50. The number of aromatic nitrogens is 2. The zero-order valence-corrected chi connectivity index (χ0v) is 20.6. The average Bonchev–Trinajstić information content (AvgIpc) is 3.22. The van der Waals surface area contributed by atoms with Crippen molar-refractivity contribution in [3.63, 3.8) is 0 Å². The third-order valence-electron chi connectivity index (χ3n) is 5.45. The van der Waals surface area contributed by atoms with Crippen LogP contribution < -0.4 is 34.7 Å². The van der Waals surface area contributed by atoms with Gasteiger partial charge in [0.1, 0.15) is 0 Å². The van der Waals surface area contributed by atoms with Gasteiger partial charge in [-0.2, -0.15) is 0 Å². The number of thiazole rings is 1. The number of amides is 1. The first-order chi connectivity index (χ1) is 13.9. The number of aliphatic hydroxyl groups is 1. The number of β-lactam (4-membered cyclic amide) rings is 1. The van der Waals surface area contributed by atoms with Crippen molar-refractivity contribution < 1.29 is 49.4 Å². The van der Waals surface area contributed by atoms with E-state index in [4.69, 9.17) is 0 Å². The van der Waals surface area contributed by atoms with Crippen LogP contribution in [0.4, 0.5) is 0 Å². The fraction of sp³-hybridized carbons (Fsp3) is 0.400. The van der Waals surface area contributed by atoms with Crippen LogP contribution in [0.25, 0.3) is 0 Å². The van der Waals surface area contributed by atoms with E-state index in [1.165, 1.54) is 33.6 Å². The molecule has 4 heterocycles. The zero-order chi connectivity index (χ0) is 20.7. The van der Waals surface area contributed by atoms with E-state index in [1.807, 2.05) is 24.4 Å². The van der Waals surface area contributed by atoms with E-state index in [-0.39, 0.29) is 53.1 Å². The van der Waals surface area contributed by atoms with Gasteiger partial charge in [0.05, 0.1) is 35.4 Å². The number of carboxylic acids is 1. The summed E-state index contributed by atoms with van der Waals surface area (Å²) >= 11 is 2.74. The number of rotatable bonds is 7. The Balaban J connectivity index is 0.00000256. The van der Waals surface area contributed by atoms with E-state index in [1.54, 1.807) is 19.3 Å². The Hall–Kier alpha value is -1.23. The molecule has 1 N–H and O–H groups in total. The van der Waals surface area contributed by atoms with E-state index >= 15 is 0 Å². The number of aliphatic hydroxyl groups excluding tert-OH is 1. The fourth-order valence-corrected chi connectivity index (χ4v) is 6.15. The molecule has 10 heteroatoms. The van der Waals surface area contributed by atoms with Gasteiger partial charge in [0, 0.05) is 28.6 Å². The average molecular weight is 454 g/mol. The molecule has 1 fully saturated rings. The maximum Gasteiger partial charge on any atom is 1.00 e. The molecule has 30 heavy (non-hydrogen) atoms. The molecule has 2 aliphatic rings. The summed E-state index contributed by atoms with van der Waals surface area (Å²) in [6.07, 6.45) is 4.33. The molecule has 4 atom stereocenters. The summed E-state index contributed by atoms with van der Waals surface area (Å²) < 4.78 is 0.735. The molecule has 0 aromatic carbocycles. The number of aryl methyl sites for hydroxylation is 2. The van der Waals surface area contributed by atoms with Crippen LogP contribution in [-0.4, -0.2) is 44.0 Å². The topological polar surface area (TPSA) is 106 Å². The van der Waals surface area contributed by atoms with Gasteiger partial charge in [0.15, 0.2) is 4.34 Å². The maximum absolute atomic E-state index is 12.4. The van der Waals surface area contributed by atoms with Crippen LogP contribution in [0.1, 0.15) is 25.1 Å². The molecule has 0 spiro atoms. The van der Waals surface area contributed by atoms with E-state index in [2.05, 4.69) is 9.97 Å². The summed E-state index contributed by atoms with van der Waals surface area (Å²) in [6.45, 7) is 3.45. The van der Waals surface area contributed by atoms with Crippen molar-refractivity contribution in [1.29, 1.82) is 0 Å². The number of thioether (sulfide) groups is 1. The Morgan fingerprint density at radius 1 is 1.37 bits per heavy atom. The van der Waals surface area contributed by atoms with Crippen LogP contribution >= 0.6 is 23.1 Å². The number of aliphatic carboxylic acids is 1. The standard InChI is InChI=1S/C20H21N3O4S2.Na/c1-10-15-14(11(2)24)18(25)23(15)16(19(26)27)17(10)29-20-22-13(9-28-20)4-3-12-5-7-21-8-6-12;/h5-11,14-15,24H,3-4H2,1-2H3,(H,26,27);/q;+1/p-1/t10-,11-,14-,15?;/m1./s1. The number of carbonyl (C=O) groups excluding carboxylic acids is 2. The molecule has 0 saturated carbocycles. The molecule has 1 amide bonds. The Morgan fingerprint density at radius 2 is 2.07 bits per heavy atom. The normalized spacial score (nSPS) is 23.6. The second-order valence-electron chi connectivity index (χ2n) is 7.32. The zero-order valence-electron chi connectivity index (χ0n) is 16.9. The van der Waals surface area contributed by atoms with E-state index in [0.717, 1.165) is 22.9 Å². The number of pyridine rings is 1. The molecular weight excluding hydrogens is 433 g/mol. The number of hydrogen-bond acceptors (Lipinski definition) is 8. The molecule has 152 valence electrons. The summed E-state index contributed by atoms with van der Waals surface area (Å²) in [7, 11) is 0. The van der Waals surface area contributed by atoms with Crippen LogP contribution in [-0.2, 0) is 22.4 Å². The summed E-state index contributed by atoms with van der Waals surface area (Å²) in [5, 5.41) is 23.7. The largest absolute Gasteiger partial charge is 1.00 e. The molecule has 2 aliphatic heterocycles. The molecule has 7 nitrogen and oxygen atoms in total. The molecule has 0 radical (unpaired) electrons. The second kappa shape index (κ2) is 9.50. The Morgan fingerprint density at radius 3 is 2.70 bits per heavy atom. The number of hydrogen-bond donors (Lipinski definition) is 1.